The lowest BCUT2D eigenvalue weighted by Crippen LogP contribution is -2.45. The van der Waals surface area contributed by atoms with Crippen LogP contribution in [0.4, 0.5) is 0 Å². The summed E-state index contributed by atoms with van der Waals surface area (Å²) in [7, 11) is 0. The van der Waals surface area contributed by atoms with Gasteiger partial charge < -0.3 is 10.2 Å². The average Bonchev–Trinajstić information content (AvgIpc) is 2.78. The lowest BCUT2D eigenvalue weighted by Gasteiger charge is -2.56. The Morgan fingerprint density at radius 1 is 0.588 bits per heavy atom. The Kier molecular flexibility index (Phi) is 5.48. The van der Waals surface area contributed by atoms with E-state index in [9.17, 15) is 10.2 Å². The molecule has 8 aliphatic rings. The van der Waals surface area contributed by atoms with Crippen LogP contribution in [-0.2, 0) is 6.42 Å². The highest BCUT2D eigenvalue weighted by Crippen LogP contribution is 2.65. The first-order chi connectivity index (χ1) is 16.6. The second-order valence-electron chi connectivity index (χ2n) is 13.9. The Hall–Kier alpha value is -1.18. The fourth-order valence-electron chi connectivity index (χ4n) is 11.3. The minimum atomic E-state index is 0.438. The SMILES string of the molecule is CCCCCCc1c(C2C3CC4CC(C3)CC2C4)c(O)cc(O)c1C1C2CC3CC(C2)CC1C3. The maximum Gasteiger partial charge on any atom is 0.123 e. The van der Waals surface area contributed by atoms with Crippen LogP contribution in [-0.4, -0.2) is 10.2 Å². The number of unbranched alkanes of at least 4 members (excludes halogenated alkanes) is 3. The van der Waals surface area contributed by atoms with Gasteiger partial charge in [0.15, 0.2) is 0 Å². The van der Waals surface area contributed by atoms with Gasteiger partial charge in [0.2, 0.25) is 0 Å². The van der Waals surface area contributed by atoms with E-state index >= 15 is 0 Å². The second-order valence-corrected chi connectivity index (χ2v) is 13.9. The van der Waals surface area contributed by atoms with Gasteiger partial charge in [-0.3, -0.25) is 0 Å². The summed E-state index contributed by atoms with van der Waals surface area (Å²) >= 11 is 0. The number of hydrogen-bond donors (Lipinski definition) is 2. The zero-order valence-corrected chi connectivity index (χ0v) is 21.4. The quantitative estimate of drug-likeness (QED) is 0.400. The molecule has 34 heavy (non-hydrogen) atoms. The van der Waals surface area contributed by atoms with E-state index in [4.69, 9.17) is 0 Å². The Balaban J connectivity index is 1.32. The second kappa shape index (κ2) is 8.45. The number of hydrogen-bond acceptors (Lipinski definition) is 2. The molecule has 0 saturated heterocycles. The smallest absolute Gasteiger partial charge is 0.123 e. The summed E-state index contributed by atoms with van der Waals surface area (Å²) in [6, 6.07) is 1.80. The van der Waals surface area contributed by atoms with Crippen molar-refractivity contribution >= 4 is 0 Å². The molecule has 8 saturated carbocycles. The minimum absolute atomic E-state index is 0.438. The van der Waals surface area contributed by atoms with Crippen LogP contribution in [0, 0.1) is 47.3 Å². The van der Waals surface area contributed by atoms with Crippen LogP contribution in [0.25, 0.3) is 0 Å². The average molecular weight is 463 g/mol. The predicted molar refractivity (Wildman–Crippen MR) is 137 cm³/mol. The Labute approximate surface area is 206 Å². The summed E-state index contributed by atoms with van der Waals surface area (Å²) < 4.78 is 0. The van der Waals surface area contributed by atoms with E-state index in [0.717, 1.165) is 53.8 Å². The van der Waals surface area contributed by atoms with Crippen LogP contribution < -0.4 is 0 Å². The topological polar surface area (TPSA) is 40.5 Å². The molecule has 2 heteroatoms. The van der Waals surface area contributed by atoms with E-state index in [2.05, 4.69) is 6.92 Å². The van der Waals surface area contributed by atoms with Crippen molar-refractivity contribution in [1.29, 1.82) is 0 Å². The first-order valence-corrected chi connectivity index (χ1v) is 15.2. The van der Waals surface area contributed by atoms with Crippen molar-refractivity contribution in [3.8, 4) is 11.5 Å². The van der Waals surface area contributed by atoms with E-state index in [0.29, 0.717) is 23.3 Å². The molecule has 8 bridgehead atoms. The van der Waals surface area contributed by atoms with Crippen LogP contribution in [0.5, 0.6) is 11.5 Å². The van der Waals surface area contributed by atoms with Crippen molar-refractivity contribution < 1.29 is 10.2 Å². The summed E-state index contributed by atoms with van der Waals surface area (Å²) in [5, 5.41) is 22.9. The Bertz CT molecular complexity index is 809. The van der Waals surface area contributed by atoms with Crippen molar-refractivity contribution in [2.45, 2.75) is 115 Å². The minimum Gasteiger partial charge on any atom is -0.508 e. The molecule has 0 atom stereocenters. The molecule has 0 unspecified atom stereocenters. The van der Waals surface area contributed by atoms with Gasteiger partial charge >= 0.3 is 0 Å². The molecular weight excluding hydrogens is 416 g/mol. The third kappa shape index (κ3) is 3.47. The third-order valence-corrected chi connectivity index (χ3v) is 11.9. The molecule has 1 aromatic rings. The molecule has 8 fully saturated rings. The Morgan fingerprint density at radius 2 is 1.00 bits per heavy atom. The monoisotopic (exact) mass is 462 g/mol. The molecule has 1 aromatic carbocycles. The molecule has 186 valence electrons. The van der Waals surface area contributed by atoms with Gasteiger partial charge in [-0.15, -0.1) is 0 Å². The van der Waals surface area contributed by atoms with Crippen molar-refractivity contribution in [2.75, 3.05) is 0 Å². The van der Waals surface area contributed by atoms with Crippen molar-refractivity contribution in [3.63, 3.8) is 0 Å². The largest absolute Gasteiger partial charge is 0.508 e. The molecule has 9 rings (SSSR count). The van der Waals surface area contributed by atoms with Gasteiger partial charge in [0.25, 0.3) is 0 Å². The molecule has 0 radical (unpaired) electrons. The van der Waals surface area contributed by atoms with Crippen molar-refractivity contribution in [2.24, 2.45) is 47.3 Å². The van der Waals surface area contributed by atoms with Crippen molar-refractivity contribution in [1.82, 2.24) is 0 Å². The molecular formula is C32H46O2. The number of rotatable bonds is 7. The van der Waals surface area contributed by atoms with Gasteiger partial charge in [-0.1, -0.05) is 26.2 Å². The van der Waals surface area contributed by atoms with Crippen LogP contribution in [0.15, 0.2) is 6.07 Å². The predicted octanol–water partition coefficient (Wildman–Crippen LogP) is 8.30. The summed E-state index contributed by atoms with van der Waals surface area (Å²) in [5.74, 6) is 8.87. The molecule has 2 nitrogen and oxygen atoms in total. The van der Waals surface area contributed by atoms with E-state index in [1.807, 2.05) is 0 Å². The molecule has 0 aliphatic heterocycles. The summed E-state index contributed by atoms with van der Waals surface area (Å²) in [5.41, 5.74) is 4.09. The highest BCUT2D eigenvalue weighted by Gasteiger charge is 2.52. The lowest BCUT2D eigenvalue weighted by molar-refractivity contribution is -0.00651. The number of phenols is 2. The van der Waals surface area contributed by atoms with Gasteiger partial charge in [0, 0.05) is 17.2 Å². The zero-order valence-electron chi connectivity index (χ0n) is 21.4. The highest BCUT2D eigenvalue weighted by atomic mass is 16.3. The van der Waals surface area contributed by atoms with Crippen LogP contribution in [0.2, 0.25) is 0 Å². The van der Waals surface area contributed by atoms with Gasteiger partial charge in [-0.2, -0.15) is 0 Å². The normalized spacial score (nSPS) is 43.7. The molecule has 0 heterocycles. The van der Waals surface area contributed by atoms with Gasteiger partial charge in [-0.25, -0.2) is 0 Å². The number of benzene rings is 1. The first-order valence-electron chi connectivity index (χ1n) is 15.2. The zero-order chi connectivity index (χ0) is 23.0. The molecule has 2 N–H and O–H groups in total. The fourth-order valence-corrected chi connectivity index (χ4v) is 11.3. The Morgan fingerprint density at radius 3 is 1.38 bits per heavy atom. The van der Waals surface area contributed by atoms with Gasteiger partial charge in [-0.05, 0) is 142 Å². The van der Waals surface area contributed by atoms with Crippen LogP contribution >= 0.6 is 0 Å². The fraction of sp³-hybridized carbons (Fsp3) is 0.812. The van der Waals surface area contributed by atoms with E-state index in [1.54, 1.807) is 6.07 Å². The molecule has 0 amide bonds. The lowest BCUT2D eigenvalue weighted by atomic mass is 9.49. The molecule has 0 aromatic heterocycles. The number of aromatic hydroxyl groups is 2. The van der Waals surface area contributed by atoms with E-state index in [-0.39, 0.29) is 0 Å². The molecule has 0 spiro atoms. The van der Waals surface area contributed by atoms with Gasteiger partial charge in [0.1, 0.15) is 11.5 Å². The highest BCUT2D eigenvalue weighted by molar-refractivity contribution is 5.56. The summed E-state index contributed by atoms with van der Waals surface area (Å²) in [6.45, 7) is 2.29. The number of phenolic OH excluding ortho intramolecular Hbond substituents is 2. The maximum absolute atomic E-state index is 11.5. The standard InChI is InChI=1S/C32H46O2/c1-2-3-4-5-6-26-31(29-22-9-18-7-19(11-22)12-23(29)10-18)27(33)17-28(34)32(26)30-24-13-20-8-21(15-24)16-25(30)14-20/h17-25,29-30,33-34H,2-16H2,1H3. The van der Waals surface area contributed by atoms with E-state index < -0.39 is 0 Å². The van der Waals surface area contributed by atoms with Crippen LogP contribution in [0.1, 0.15) is 125 Å². The van der Waals surface area contributed by atoms with E-state index in [1.165, 1.54) is 107 Å². The summed E-state index contributed by atoms with van der Waals surface area (Å²) in [4.78, 5) is 0. The molecule has 8 aliphatic carbocycles. The van der Waals surface area contributed by atoms with Crippen molar-refractivity contribution in [3.05, 3.63) is 22.8 Å². The van der Waals surface area contributed by atoms with Gasteiger partial charge in [0.05, 0.1) is 0 Å². The first kappa shape index (κ1) is 22.1. The third-order valence-electron chi connectivity index (χ3n) is 11.9. The summed E-state index contributed by atoms with van der Waals surface area (Å²) in [6.07, 6.45) is 20.2. The van der Waals surface area contributed by atoms with Crippen LogP contribution in [0.3, 0.4) is 0 Å². The maximum atomic E-state index is 11.5.